The van der Waals surface area contributed by atoms with E-state index in [1.807, 2.05) is 6.07 Å². The highest BCUT2D eigenvalue weighted by Gasteiger charge is 2.33. The van der Waals surface area contributed by atoms with Crippen LogP contribution in [0.4, 0.5) is 38.0 Å². The molecule has 4 heterocycles. The van der Waals surface area contributed by atoms with Crippen LogP contribution >= 0.6 is 0 Å². The smallest absolute Gasteiger partial charge is 0.324 e. The number of nitrogens with zero attached hydrogens (tertiary/aromatic N) is 7. The van der Waals surface area contributed by atoms with Crippen LogP contribution in [0.1, 0.15) is 17.0 Å². The van der Waals surface area contributed by atoms with Crippen molar-refractivity contribution in [1.82, 2.24) is 29.9 Å². The van der Waals surface area contributed by atoms with Gasteiger partial charge in [-0.3, -0.25) is 9.97 Å². The Balaban J connectivity index is 1.83. The van der Waals surface area contributed by atoms with E-state index < -0.39 is 23.7 Å². The predicted octanol–water partition coefficient (Wildman–Crippen LogP) is 5.04. The van der Waals surface area contributed by atoms with Gasteiger partial charge in [-0.1, -0.05) is 6.07 Å². The van der Waals surface area contributed by atoms with Crippen LogP contribution in [0.25, 0.3) is 22.9 Å². The van der Waals surface area contributed by atoms with Gasteiger partial charge in [0, 0.05) is 29.8 Å². The maximum absolute atomic E-state index is 13.1. The molecule has 35 heavy (non-hydrogen) atoms. The molecule has 0 atom stereocenters. The van der Waals surface area contributed by atoms with Gasteiger partial charge in [0.15, 0.2) is 11.6 Å². The normalized spacial score (nSPS) is 11.7. The molecule has 0 unspecified atom stereocenters. The Labute approximate surface area is 192 Å². The maximum atomic E-state index is 13.1. The van der Waals surface area contributed by atoms with E-state index >= 15 is 0 Å². The molecule has 4 aromatic heterocycles. The molecular formula is C21H10F6N8. The lowest BCUT2D eigenvalue weighted by atomic mass is 10.2. The van der Waals surface area contributed by atoms with Crippen LogP contribution in [0.3, 0.4) is 0 Å². The Morgan fingerprint density at radius 3 is 2.26 bits per heavy atom. The summed E-state index contributed by atoms with van der Waals surface area (Å²) in [6.07, 6.45) is -5.95. The summed E-state index contributed by atoms with van der Waals surface area (Å²) in [7, 11) is 0. The molecule has 0 aliphatic carbocycles. The van der Waals surface area contributed by atoms with Crippen molar-refractivity contribution in [1.29, 1.82) is 5.26 Å². The summed E-state index contributed by atoms with van der Waals surface area (Å²) in [6, 6.07) is 8.30. The topological polar surface area (TPSA) is 113 Å². The fourth-order valence-electron chi connectivity index (χ4n) is 2.81. The summed E-state index contributed by atoms with van der Waals surface area (Å²) >= 11 is 0. The van der Waals surface area contributed by atoms with E-state index in [-0.39, 0.29) is 40.1 Å². The molecule has 0 radical (unpaired) electrons. The molecule has 0 amide bonds. The zero-order valence-electron chi connectivity index (χ0n) is 17.1. The second-order valence-corrected chi connectivity index (χ2v) is 6.84. The summed E-state index contributed by atoms with van der Waals surface area (Å²) in [4.78, 5) is 23.0. The van der Waals surface area contributed by atoms with E-state index in [2.05, 4.69) is 35.2 Å². The third kappa shape index (κ3) is 5.46. The lowest BCUT2D eigenvalue weighted by molar-refractivity contribution is -0.141. The number of hydrogen-bond donors (Lipinski definition) is 1. The second kappa shape index (κ2) is 8.93. The molecule has 1 N–H and O–H groups in total. The number of aromatic nitrogens is 6. The molecule has 0 bridgehead atoms. The molecule has 4 aromatic rings. The number of rotatable bonds is 4. The summed E-state index contributed by atoms with van der Waals surface area (Å²) < 4.78 is 78.5. The minimum atomic E-state index is -4.73. The number of anilines is 2. The van der Waals surface area contributed by atoms with Crippen molar-refractivity contribution in [3.8, 4) is 29.0 Å². The zero-order valence-corrected chi connectivity index (χ0v) is 17.1. The molecular weight excluding hydrogens is 478 g/mol. The van der Waals surface area contributed by atoms with Crippen molar-refractivity contribution < 1.29 is 26.3 Å². The highest BCUT2D eigenvalue weighted by molar-refractivity contribution is 5.64. The largest absolute Gasteiger partial charge is 0.433 e. The van der Waals surface area contributed by atoms with E-state index in [4.69, 9.17) is 5.26 Å². The van der Waals surface area contributed by atoms with Gasteiger partial charge in [0.25, 0.3) is 0 Å². The van der Waals surface area contributed by atoms with Gasteiger partial charge in [0.2, 0.25) is 5.95 Å². The Bertz CT molecular complexity index is 1430. The molecule has 8 nitrogen and oxygen atoms in total. The average molecular weight is 488 g/mol. The number of halogens is 6. The van der Waals surface area contributed by atoms with E-state index in [0.29, 0.717) is 6.07 Å². The first-order chi connectivity index (χ1) is 16.5. The first-order valence-corrected chi connectivity index (χ1v) is 9.49. The van der Waals surface area contributed by atoms with Gasteiger partial charge >= 0.3 is 12.4 Å². The zero-order chi connectivity index (χ0) is 25.2. The molecule has 176 valence electrons. The van der Waals surface area contributed by atoms with Gasteiger partial charge in [-0.15, -0.1) is 0 Å². The molecule has 14 heteroatoms. The lowest BCUT2D eigenvalue weighted by Crippen LogP contribution is -2.10. The number of nitriles is 1. The standard InChI is InChI=1S/C21H10F6N8/c22-20(23,24)15-3-1-2-14(32-15)18-33-17(12-6-11(8-28)9-29-10-12)34-19(35-18)31-13-4-5-30-16(7-13)21(25,26)27/h1-7,9-10H,(H,30,31,33,34,35). The fraction of sp³-hybridized carbons (Fsp3) is 0.0952. The van der Waals surface area contributed by atoms with Crippen molar-refractivity contribution in [3.63, 3.8) is 0 Å². The average Bonchev–Trinajstić information content (AvgIpc) is 2.83. The molecule has 4 rings (SSSR count). The van der Waals surface area contributed by atoms with Crippen LogP contribution in [0.15, 0.2) is 55.0 Å². The van der Waals surface area contributed by atoms with Crippen molar-refractivity contribution >= 4 is 11.6 Å². The van der Waals surface area contributed by atoms with Crippen molar-refractivity contribution in [2.45, 2.75) is 12.4 Å². The number of alkyl halides is 6. The van der Waals surface area contributed by atoms with Crippen molar-refractivity contribution in [3.05, 3.63) is 71.9 Å². The Morgan fingerprint density at radius 1 is 0.800 bits per heavy atom. The van der Waals surface area contributed by atoms with Crippen LogP contribution in [0.5, 0.6) is 0 Å². The molecule has 0 spiro atoms. The van der Waals surface area contributed by atoms with Gasteiger partial charge in [-0.25, -0.2) is 9.97 Å². The molecule has 0 aliphatic rings. The molecule has 0 fully saturated rings. The second-order valence-electron chi connectivity index (χ2n) is 6.84. The monoisotopic (exact) mass is 488 g/mol. The Hall–Kier alpha value is -4.67. The predicted molar refractivity (Wildman–Crippen MR) is 109 cm³/mol. The van der Waals surface area contributed by atoms with Gasteiger partial charge < -0.3 is 5.32 Å². The van der Waals surface area contributed by atoms with Gasteiger partial charge in [-0.05, 0) is 30.3 Å². The summed E-state index contributed by atoms with van der Waals surface area (Å²) in [5.41, 5.74) is -2.35. The number of pyridine rings is 3. The summed E-state index contributed by atoms with van der Waals surface area (Å²) in [5, 5.41) is 11.7. The first kappa shape index (κ1) is 23.5. The minimum Gasteiger partial charge on any atom is -0.324 e. The summed E-state index contributed by atoms with van der Waals surface area (Å²) in [5.74, 6) is -0.687. The molecule has 0 saturated carbocycles. The van der Waals surface area contributed by atoms with Crippen molar-refractivity contribution in [2.75, 3.05) is 5.32 Å². The van der Waals surface area contributed by atoms with E-state index in [1.165, 1.54) is 30.6 Å². The Morgan fingerprint density at radius 2 is 1.54 bits per heavy atom. The summed E-state index contributed by atoms with van der Waals surface area (Å²) in [6.45, 7) is 0. The lowest BCUT2D eigenvalue weighted by Gasteiger charge is -2.12. The quantitative estimate of drug-likeness (QED) is 0.398. The van der Waals surface area contributed by atoms with Crippen LogP contribution < -0.4 is 5.32 Å². The van der Waals surface area contributed by atoms with Gasteiger partial charge in [0.1, 0.15) is 23.2 Å². The SMILES string of the molecule is N#Cc1cncc(-c2nc(Nc3ccnc(C(F)(F)F)c3)nc(-c3cccc(C(F)(F)F)n3)n2)c1. The van der Waals surface area contributed by atoms with Crippen LogP contribution in [0.2, 0.25) is 0 Å². The van der Waals surface area contributed by atoms with Gasteiger partial charge in [-0.2, -0.15) is 41.6 Å². The third-order valence-electron chi connectivity index (χ3n) is 4.34. The number of nitrogens with one attached hydrogen (secondary N) is 1. The highest BCUT2D eigenvalue weighted by atomic mass is 19.4. The molecule has 0 aromatic carbocycles. The number of hydrogen-bond acceptors (Lipinski definition) is 8. The Kier molecular flexibility index (Phi) is 6.00. The molecule has 0 saturated heterocycles. The van der Waals surface area contributed by atoms with Crippen LogP contribution in [0, 0.1) is 11.3 Å². The fourth-order valence-corrected chi connectivity index (χ4v) is 2.81. The van der Waals surface area contributed by atoms with E-state index in [9.17, 15) is 26.3 Å². The minimum absolute atomic E-state index is 0.0867. The van der Waals surface area contributed by atoms with Crippen LogP contribution in [-0.2, 0) is 12.4 Å². The first-order valence-electron chi connectivity index (χ1n) is 9.49. The van der Waals surface area contributed by atoms with E-state index in [1.54, 1.807) is 0 Å². The van der Waals surface area contributed by atoms with Crippen LogP contribution in [-0.4, -0.2) is 29.9 Å². The highest BCUT2D eigenvalue weighted by Crippen LogP contribution is 2.31. The maximum Gasteiger partial charge on any atom is 0.433 e. The van der Waals surface area contributed by atoms with Gasteiger partial charge in [0.05, 0.1) is 5.56 Å². The van der Waals surface area contributed by atoms with E-state index in [0.717, 1.165) is 18.3 Å². The third-order valence-corrected chi connectivity index (χ3v) is 4.34. The molecule has 0 aliphatic heterocycles. The van der Waals surface area contributed by atoms with Crippen molar-refractivity contribution in [2.24, 2.45) is 0 Å².